The number of hydrogen-bond donors (Lipinski definition) is 0. The molecule has 4 aromatic rings. The number of hydrogen-bond acceptors (Lipinski definition) is 4. The van der Waals surface area contributed by atoms with E-state index in [2.05, 4.69) is 31.0 Å². The Hall–Kier alpha value is -3.05. The third kappa shape index (κ3) is 3.66. The number of pyridine rings is 1. The third-order valence-electron chi connectivity index (χ3n) is 4.81. The first kappa shape index (κ1) is 18.3. The number of aromatic nitrogens is 2. The molecule has 0 fully saturated rings. The van der Waals surface area contributed by atoms with E-state index >= 15 is 0 Å². The van der Waals surface area contributed by atoms with Gasteiger partial charge in [-0.2, -0.15) is 0 Å². The van der Waals surface area contributed by atoms with Crippen LogP contribution in [0.1, 0.15) is 32.7 Å². The van der Waals surface area contributed by atoms with Gasteiger partial charge in [0, 0.05) is 11.8 Å². The van der Waals surface area contributed by atoms with Gasteiger partial charge in [0.25, 0.3) is 5.91 Å². The average molecular weight is 388 g/mol. The number of nitrogens with zero attached hydrogens (tertiary/aromatic N) is 3. The summed E-state index contributed by atoms with van der Waals surface area (Å²) in [5.41, 5.74) is 5.95. The predicted octanol–water partition coefficient (Wildman–Crippen LogP) is 5.46. The maximum absolute atomic E-state index is 13.3. The Morgan fingerprint density at radius 1 is 1.00 bits per heavy atom. The maximum Gasteiger partial charge on any atom is 0.260 e. The quantitative estimate of drug-likeness (QED) is 0.467. The highest BCUT2D eigenvalue weighted by Crippen LogP contribution is 2.32. The normalized spacial score (nSPS) is 11.0. The van der Waals surface area contributed by atoms with Gasteiger partial charge in [-0.25, -0.2) is 4.98 Å². The first-order valence-corrected chi connectivity index (χ1v) is 9.99. The van der Waals surface area contributed by atoms with Crippen molar-refractivity contribution >= 4 is 32.6 Å². The summed E-state index contributed by atoms with van der Waals surface area (Å²) < 4.78 is 1.08. The highest BCUT2D eigenvalue weighted by Gasteiger charge is 2.22. The lowest BCUT2D eigenvalue weighted by molar-refractivity contribution is 0.0985. The molecule has 2 heterocycles. The summed E-state index contributed by atoms with van der Waals surface area (Å²) in [6.45, 7) is 6.57. The van der Waals surface area contributed by atoms with Crippen LogP contribution in [0.2, 0.25) is 0 Å². The minimum atomic E-state index is -0.0712. The number of carbonyl (C=O) groups excluding carboxylic acids is 1. The van der Waals surface area contributed by atoms with Crippen molar-refractivity contribution in [3.05, 3.63) is 88.7 Å². The third-order valence-corrected chi connectivity index (χ3v) is 5.85. The molecule has 0 aliphatic heterocycles. The molecule has 0 radical (unpaired) electrons. The molecule has 28 heavy (non-hydrogen) atoms. The van der Waals surface area contributed by atoms with Crippen molar-refractivity contribution in [3.8, 4) is 0 Å². The van der Waals surface area contributed by atoms with Crippen molar-refractivity contribution in [2.45, 2.75) is 27.3 Å². The van der Waals surface area contributed by atoms with Crippen LogP contribution in [0.4, 0.5) is 5.13 Å². The molecule has 0 aliphatic carbocycles. The Balaban J connectivity index is 1.78. The van der Waals surface area contributed by atoms with Crippen molar-refractivity contribution in [1.82, 2.24) is 9.97 Å². The Bertz CT molecular complexity index is 1090. The number of amides is 1. The van der Waals surface area contributed by atoms with E-state index in [9.17, 15) is 4.79 Å². The predicted molar refractivity (Wildman–Crippen MR) is 115 cm³/mol. The molecule has 4 rings (SSSR count). The van der Waals surface area contributed by atoms with Crippen molar-refractivity contribution < 1.29 is 4.79 Å². The smallest absolute Gasteiger partial charge is 0.260 e. The van der Waals surface area contributed by atoms with Gasteiger partial charge in [-0.05, 0) is 68.3 Å². The standard InChI is InChI=1S/C23H21N3OS/c1-15-7-9-18(10-8-15)22(27)26(14-19-6-4-5-11-24-19)23-25-20-12-16(2)17(3)13-21(20)28-23/h4-13H,14H2,1-3H3. The van der Waals surface area contributed by atoms with Crippen molar-refractivity contribution in [1.29, 1.82) is 0 Å². The van der Waals surface area contributed by atoms with Crippen LogP contribution in [0.25, 0.3) is 10.2 Å². The number of carbonyl (C=O) groups is 1. The van der Waals surface area contributed by atoms with E-state index < -0.39 is 0 Å². The Morgan fingerprint density at radius 3 is 2.46 bits per heavy atom. The van der Waals surface area contributed by atoms with E-state index in [1.807, 2.05) is 49.4 Å². The summed E-state index contributed by atoms with van der Waals surface area (Å²) in [5.74, 6) is -0.0712. The van der Waals surface area contributed by atoms with E-state index in [1.165, 1.54) is 22.5 Å². The van der Waals surface area contributed by atoms with Crippen LogP contribution >= 0.6 is 11.3 Å². The number of thiazole rings is 1. The molecule has 0 N–H and O–H groups in total. The van der Waals surface area contributed by atoms with Crippen LogP contribution in [0, 0.1) is 20.8 Å². The molecular formula is C23H21N3OS. The Kier molecular flexibility index (Phi) is 4.92. The molecule has 0 saturated heterocycles. The molecule has 2 aromatic heterocycles. The van der Waals surface area contributed by atoms with E-state index in [0.29, 0.717) is 17.2 Å². The van der Waals surface area contributed by atoms with Gasteiger partial charge in [0.1, 0.15) is 0 Å². The van der Waals surface area contributed by atoms with Gasteiger partial charge in [0.15, 0.2) is 5.13 Å². The van der Waals surface area contributed by atoms with E-state index in [0.717, 1.165) is 21.5 Å². The summed E-state index contributed by atoms with van der Waals surface area (Å²) in [4.78, 5) is 24.2. The van der Waals surface area contributed by atoms with Gasteiger partial charge in [-0.15, -0.1) is 0 Å². The van der Waals surface area contributed by atoms with Gasteiger partial charge in [0.05, 0.1) is 22.5 Å². The second-order valence-corrected chi connectivity index (χ2v) is 7.99. The lowest BCUT2D eigenvalue weighted by Crippen LogP contribution is -2.30. The zero-order valence-corrected chi connectivity index (χ0v) is 17.0. The van der Waals surface area contributed by atoms with Gasteiger partial charge in [-0.1, -0.05) is 35.1 Å². The average Bonchev–Trinajstić information content (AvgIpc) is 3.09. The molecule has 0 saturated carbocycles. The summed E-state index contributed by atoms with van der Waals surface area (Å²) in [5, 5.41) is 0.691. The minimum Gasteiger partial charge on any atom is -0.278 e. The topological polar surface area (TPSA) is 46.1 Å². The summed E-state index contributed by atoms with van der Waals surface area (Å²) in [6, 6.07) is 17.6. The zero-order valence-electron chi connectivity index (χ0n) is 16.1. The van der Waals surface area contributed by atoms with Crippen molar-refractivity contribution in [2.24, 2.45) is 0 Å². The minimum absolute atomic E-state index is 0.0712. The van der Waals surface area contributed by atoms with Crippen LogP contribution in [-0.4, -0.2) is 15.9 Å². The summed E-state index contributed by atoms with van der Waals surface area (Å²) >= 11 is 1.54. The first-order chi connectivity index (χ1) is 13.5. The van der Waals surface area contributed by atoms with E-state index in [-0.39, 0.29) is 5.91 Å². The summed E-state index contributed by atoms with van der Waals surface area (Å²) in [6.07, 6.45) is 1.74. The zero-order chi connectivity index (χ0) is 19.7. The SMILES string of the molecule is Cc1ccc(C(=O)N(Cc2ccccn2)c2nc3cc(C)c(C)cc3s2)cc1. The summed E-state index contributed by atoms with van der Waals surface area (Å²) in [7, 11) is 0. The lowest BCUT2D eigenvalue weighted by atomic mass is 10.1. The van der Waals surface area contributed by atoms with Crippen LogP contribution in [0.5, 0.6) is 0 Å². The van der Waals surface area contributed by atoms with Gasteiger partial charge in [-0.3, -0.25) is 14.7 Å². The second-order valence-electron chi connectivity index (χ2n) is 6.98. The van der Waals surface area contributed by atoms with Crippen LogP contribution in [0.15, 0.2) is 60.8 Å². The molecule has 5 heteroatoms. The van der Waals surface area contributed by atoms with E-state index in [4.69, 9.17) is 4.98 Å². The highest BCUT2D eigenvalue weighted by atomic mass is 32.1. The molecule has 4 nitrogen and oxygen atoms in total. The number of anilines is 1. The molecule has 2 aromatic carbocycles. The number of benzene rings is 2. The van der Waals surface area contributed by atoms with Gasteiger partial charge in [0.2, 0.25) is 0 Å². The number of rotatable bonds is 4. The Labute approximate surface area is 168 Å². The Morgan fingerprint density at radius 2 is 1.75 bits per heavy atom. The first-order valence-electron chi connectivity index (χ1n) is 9.17. The largest absolute Gasteiger partial charge is 0.278 e. The highest BCUT2D eigenvalue weighted by molar-refractivity contribution is 7.22. The lowest BCUT2D eigenvalue weighted by Gasteiger charge is -2.19. The fourth-order valence-electron chi connectivity index (χ4n) is 3.02. The number of aryl methyl sites for hydroxylation is 3. The van der Waals surface area contributed by atoms with Gasteiger partial charge >= 0.3 is 0 Å². The number of fused-ring (bicyclic) bond motifs is 1. The van der Waals surface area contributed by atoms with Crippen LogP contribution < -0.4 is 4.90 Å². The molecule has 0 atom stereocenters. The van der Waals surface area contributed by atoms with E-state index in [1.54, 1.807) is 11.1 Å². The monoisotopic (exact) mass is 387 g/mol. The molecule has 0 aliphatic rings. The maximum atomic E-state index is 13.3. The molecule has 140 valence electrons. The molecule has 0 spiro atoms. The molecule has 0 bridgehead atoms. The van der Waals surface area contributed by atoms with Crippen molar-refractivity contribution in [3.63, 3.8) is 0 Å². The van der Waals surface area contributed by atoms with Crippen LogP contribution in [-0.2, 0) is 6.54 Å². The van der Waals surface area contributed by atoms with Crippen molar-refractivity contribution in [2.75, 3.05) is 4.90 Å². The van der Waals surface area contributed by atoms with Gasteiger partial charge < -0.3 is 0 Å². The molecule has 0 unspecified atom stereocenters. The molecule has 1 amide bonds. The van der Waals surface area contributed by atoms with Crippen LogP contribution in [0.3, 0.4) is 0 Å². The fraction of sp³-hybridized carbons (Fsp3) is 0.174. The molecular weight excluding hydrogens is 366 g/mol. The second kappa shape index (κ2) is 7.52. The fourth-order valence-corrected chi connectivity index (χ4v) is 4.06.